The molecule has 0 fully saturated rings. The van der Waals surface area contributed by atoms with E-state index in [0.717, 1.165) is 22.4 Å². The first-order valence-corrected chi connectivity index (χ1v) is 6.67. The molecule has 0 aliphatic rings. The predicted octanol–water partition coefficient (Wildman–Crippen LogP) is 4.76. The summed E-state index contributed by atoms with van der Waals surface area (Å²) in [5.74, 6) is 1.04. The van der Waals surface area contributed by atoms with Gasteiger partial charge in [-0.05, 0) is 36.6 Å². The van der Waals surface area contributed by atoms with Crippen molar-refractivity contribution in [1.29, 1.82) is 0 Å². The van der Waals surface area contributed by atoms with E-state index in [1.165, 1.54) is 6.07 Å². The fourth-order valence-corrected chi connectivity index (χ4v) is 2.26. The quantitative estimate of drug-likeness (QED) is 0.733. The Morgan fingerprint density at radius 1 is 1.11 bits per heavy atom. The van der Waals surface area contributed by atoms with Crippen molar-refractivity contribution in [2.45, 2.75) is 26.3 Å². The molecule has 2 rings (SSSR count). The Morgan fingerprint density at radius 3 is 2.32 bits per heavy atom. The van der Waals surface area contributed by atoms with E-state index >= 15 is 0 Å². The Morgan fingerprint density at radius 2 is 1.74 bits per heavy atom. The Kier molecular flexibility index (Phi) is 4.43. The minimum Gasteiger partial charge on any atom is -0.488 e. The van der Waals surface area contributed by atoms with Gasteiger partial charge in [-0.3, -0.25) is 0 Å². The van der Waals surface area contributed by atoms with E-state index in [1.807, 2.05) is 26.0 Å². The van der Waals surface area contributed by atoms with E-state index in [1.54, 1.807) is 18.2 Å². The molecule has 0 heterocycles. The molecule has 2 aromatic rings. The van der Waals surface area contributed by atoms with Gasteiger partial charge >= 0.3 is 0 Å². The van der Waals surface area contributed by atoms with Crippen LogP contribution in [-0.2, 0) is 12.5 Å². The molecular weight excluding hydrogens is 263 g/mol. The van der Waals surface area contributed by atoms with Crippen molar-refractivity contribution in [3.63, 3.8) is 0 Å². The molecule has 3 heteroatoms. The number of rotatable bonds is 4. The van der Waals surface area contributed by atoms with Crippen molar-refractivity contribution in [2.75, 3.05) is 0 Å². The Labute approximate surface area is 118 Å². The van der Waals surface area contributed by atoms with Crippen LogP contribution >= 0.6 is 11.6 Å². The lowest BCUT2D eigenvalue weighted by Crippen LogP contribution is -2.01. The van der Waals surface area contributed by atoms with Crippen LogP contribution in [0.15, 0.2) is 36.4 Å². The molecule has 0 aromatic heterocycles. The zero-order valence-corrected chi connectivity index (χ0v) is 11.8. The minimum atomic E-state index is -0.241. The summed E-state index contributed by atoms with van der Waals surface area (Å²) in [6.07, 6.45) is 0. The molecule has 2 aromatic carbocycles. The summed E-state index contributed by atoms with van der Waals surface area (Å²) in [5.41, 5.74) is 3.66. The fourth-order valence-electron chi connectivity index (χ4n) is 2.11. The molecule has 1 nitrogen and oxygen atoms in total. The molecule has 0 amide bonds. The number of aryl methyl sites for hydroxylation is 2. The molecule has 19 heavy (non-hydrogen) atoms. The van der Waals surface area contributed by atoms with Crippen LogP contribution in [0.4, 0.5) is 4.39 Å². The first-order valence-electron chi connectivity index (χ1n) is 6.14. The Balaban J connectivity index is 2.18. The highest BCUT2D eigenvalue weighted by Gasteiger charge is 2.08. The van der Waals surface area contributed by atoms with Crippen molar-refractivity contribution in [3.05, 3.63) is 64.5 Å². The molecule has 100 valence electrons. The summed E-state index contributed by atoms with van der Waals surface area (Å²) >= 11 is 5.83. The van der Waals surface area contributed by atoms with Crippen LogP contribution in [0.5, 0.6) is 5.75 Å². The smallest absolute Gasteiger partial charge is 0.129 e. The lowest BCUT2D eigenvalue weighted by atomic mass is 10.1. The zero-order chi connectivity index (χ0) is 13.8. The molecule has 0 N–H and O–H groups in total. The maximum absolute atomic E-state index is 13.5. The maximum atomic E-state index is 13.5. The third kappa shape index (κ3) is 3.27. The molecule has 0 aliphatic carbocycles. The van der Waals surface area contributed by atoms with Gasteiger partial charge in [-0.2, -0.15) is 0 Å². The van der Waals surface area contributed by atoms with Crippen LogP contribution in [0.3, 0.4) is 0 Å². The second kappa shape index (κ2) is 6.07. The van der Waals surface area contributed by atoms with Gasteiger partial charge in [0.05, 0.1) is 0 Å². The molecule has 0 radical (unpaired) electrons. The van der Waals surface area contributed by atoms with Crippen LogP contribution in [0.1, 0.15) is 22.3 Å². The largest absolute Gasteiger partial charge is 0.488 e. The fraction of sp³-hybridized carbons (Fsp3) is 0.250. The summed E-state index contributed by atoms with van der Waals surface area (Å²) in [6, 6.07) is 10.6. The van der Waals surface area contributed by atoms with E-state index in [9.17, 15) is 4.39 Å². The van der Waals surface area contributed by atoms with Gasteiger partial charge in [-0.15, -0.1) is 11.6 Å². The van der Waals surface area contributed by atoms with Gasteiger partial charge in [0.2, 0.25) is 0 Å². The molecule has 0 aliphatic heterocycles. The van der Waals surface area contributed by atoms with Crippen molar-refractivity contribution in [3.8, 4) is 5.75 Å². The number of ether oxygens (including phenoxy) is 1. The van der Waals surface area contributed by atoms with E-state index in [2.05, 4.69) is 0 Å². The summed E-state index contributed by atoms with van der Waals surface area (Å²) < 4.78 is 19.3. The van der Waals surface area contributed by atoms with Crippen LogP contribution in [-0.4, -0.2) is 0 Å². The monoisotopic (exact) mass is 278 g/mol. The topological polar surface area (TPSA) is 9.23 Å². The summed E-state index contributed by atoms with van der Waals surface area (Å²) in [6.45, 7) is 4.17. The number of hydrogen-bond donors (Lipinski definition) is 0. The number of benzene rings is 2. The Hall–Kier alpha value is -1.54. The molecule has 0 saturated carbocycles. The first-order chi connectivity index (χ1) is 9.11. The average molecular weight is 279 g/mol. The third-order valence-electron chi connectivity index (χ3n) is 3.00. The molecule has 0 unspecified atom stereocenters. The van der Waals surface area contributed by atoms with Gasteiger partial charge < -0.3 is 4.74 Å². The number of alkyl halides is 1. The van der Waals surface area contributed by atoms with E-state index in [-0.39, 0.29) is 12.4 Å². The SMILES string of the molecule is Cc1cc(CCl)cc(C)c1OCc1ccccc1F. The predicted molar refractivity (Wildman–Crippen MR) is 76.2 cm³/mol. The third-order valence-corrected chi connectivity index (χ3v) is 3.31. The van der Waals surface area contributed by atoms with Gasteiger partial charge in [0.25, 0.3) is 0 Å². The normalized spacial score (nSPS) is 10.5. The Bertz CT molecular complexity index is 558. The van der Waals surface area contributed by atoms with Crippen LogP contribution in [0, 0.1) is 19.7 Å². The zero-order valence-electron chi connectivity index (χ0n) is 11.0. The second-order valence-corrected chi connectivity index (χ2v) is 4.84. The molecule has 0 spiro atoms. The van der Waals surface area contributed by atoms with E-state index in [4.69, 9.17) is 16.3 Å². The van der Waals surface area contributed by atoms with Crippen molar-refractivity contribution in [1.82, 2.24) is 0 Å². The standard InChI is InChI=1S/C16H16ClFO/c1-11-7-13(9-17)8-12(2)16(11)19-10-14-5-3-4-6-15(14)18/h3-8H,9-10H2,1-2H3. The molecule has 0 saturated heterocycles. The number of halogens is 2. The van der Waals surface area contributed by atoms with Gasteiger partial charge in [0.15, 0.2) is 0 Å². The van der Waals surface area contributed by atoms with Gasteiger partial charge in [-0.25, -0.2) is 4.39 Å². The lowest BCUT2D eigenvalue weighted by Gasteiger charge is -2.14. The summed E-state index contributed by atoms with van der Waals surface area (Å²) in [7, 11) is 0. The molecule has 0 bridgehead atoms. The van der Waals surface area contributed by atoms with Crippen molar-refractivity contribution in [2.24, 2.45) is 0 Å². The van der Waals surface area contributed by atoms with Gasteiger partial charge in [-0.1, -0.05) is 30.3 Å². The van der Waals surface area contributed by atoms with Crippen LogP contribution < -0.4 is 4.74 Å². The number of hydrogen-bond acceptors (Lipinski definition) is 1. The van der Waals surface area contributed by atoms with Gasteiger partial charge in [0.1, 0.15) is 18.2 Å². The van der Waals surface area contributed by atoms with Crippen LogP contribution in [0.2, 0.25) is 0 Å². The first kappa shape index (κ1) is 13.9. The van der Waals surface area contributed by atoms with Crippen LogP contribution in [0.25, 0.3) is 0 Å². The lowest BCUT2D eigenvalue weighted by molar-refractivity contribution is 0.295. The van der Waals surface area contributed by atoms with Crippen molar-refractivity contribution < 1.29 is 9.13 Å². The van der Waals surface area contributed by atoms with Gasteiger partial charge in [0, 0.05) is 11.4 Å². The second-order valence-electron chi connectivity index (χ2n) is 4.57. The highest BCUT2D eigenvalue weighted by molar-refractivity contribution is 6.17. The summed E-state index contributed by atoms with van der Waals surface area (Å²) in [4.78, 5) is 0. The molecule has 0 atom stereocenters. The molecular formula is C16H16ClFO. The highest BCUT2D eigenvalue weighted by Crippen LogP contribution is 2.26. The van der Waals surface area contributed by atoms with E-state index < -0.39 is 0 Å². The van der Waals surface area contributed by atoms with E-state index in [0.29, 0.717) is 11.4 Å². The minimum absolute atomic E-state index is 0.231. The summed E-state index contributed by atoms with van der Waals surface area (Å²) in [5, 5.41) is 0. The average Bonchev–Trinajstić information content (AvgIpc) is 2.39. The maximum Gasteiger partial charge on any atom is 0.129 e. The highest BCUT2D eigenvalue weighted by atomic mass is 35.5. The van der Waals surface area contributed by atoms with Crippen molar-refractivity contribution >= 4 is 11.6 Å².